The summed E-state index contributed by atoms with van der Waals surface area (Å²) in [6.45, 7) is 2.90. The van der Waals surface area contributed by atoms with Crippen molar-refractivity contribution in [1.29, 1.82) is 0 Å². The molecule has 0 radical (unpaired) electrons. The minimum Gasteiger partial charge on any atom is -0.383 e. The Labute approximate surface area is 147 Å². The molecule has 1 aliphatic carbocycles. The van der Waals surface area contributed by atoms with E-state index in [1.54, 1.807) is 7.11 Å². The highest BCUT2D eigenvalue weighted by molar-refractivity contribution is 6.06. The summed E-state index contributed by atoms with van der Waals surface area (Å²) in [7, 11) is 3.55. The molecular weight excluding hydrogens is 318 g/mol. The Morgan fingerprint density at radius 2 is 2.24 bits per heavy atom. The van der Waals surface area contributed by atoms with Gasteiger partial charge in [-0.3, -0.25) is 9.48 Å². The fraction of sp³-hybridized carbons (Fsp3) is 0.611. The molecule has 4 rings (SSSR count). The highest BCUT2D eigenvalue weighted by Crippen LogP contribution is 2.41. The molecule has 134 valence electrons. The van der Waals surface area contributed by atoms with E-state index in [1.807, 2.05) is 17.8 Å². The van der Waals surface area contributed by atoms with Crippen LogP contribution in [-0.2, 0) is 11.8 Å². The van der Waals surface area contributed by atoms with E-state index in [1.165, 1.54) is 0 Å². The van der Waals surface area contributed by atoms with Gasteiger partial charge in [0.25, 0.3) is 5.91 Å². The van der Waals surface area contributed by atoms with E-state index in [4.69, 9.17) is 14.8 Å². The molecule has 2 fully saturated rings. The molecule has 25 heavy (non-hydrogen) atoms. The molecule has 2 aromatic heterocycles. The number of amides is 1. The fourth-order valence-corrected chi connectivity index (χ4v) is 3.60. The van der Waals surface area contributed by atoms with Crippen molar-refractivity contribution < 1.29 is 9.53 Å². The normalized spacial score (nSPS) is 20.3. The van der Waals surface area contributed by atoms with E-state index in [-0.39, 0.29) is 5.91 Å². The molecule has 0 spiro atoms. The number of pyridine rings is 1. The summed E-state index contributed by atoms with van der Waals surface area (Å²) in [6.07, 6.45) is 3.35. The quantitative estimate of drug-likeness (QED) is 0.773. The minimum absolute atomic E-state index is 0.0634. The largest absolute Gasteiger partial charge is 0.383 e. The molecule has 1 saturated heterocycles. The van der Waals surface area contributed by atoms with Crippen molar-refractivity contribution in [2.24, 2.45) is 7.05 Å². The topological polar surface area (TPSA) is 81.1 Å². The Morgan fingerprint density at radius 3 is 2.92 bits per heavy atom. The molecule has 7 nitrogen and oxygen atoms in total. The zero-order chi connectivity index (χ0) is 17.4. The first-order chi connectivity index (χ1) is 12.2. The molecule has 3 heterocycles. The van der Waals surface area contributed by atoms with E-state index in [0.29, 0.717) is 30.6 Å². The van der Waals surface area contributed by atoms with Gasteiger partial charge in [-0.25, -0.2) is 4.98 Å². The van der Waals surface area contributed by atoms with Crippen LogP contribution in [0.2, 0.25) is 0 Å². The van der Waals surface area contributed by atoms with Gasteiger partial charge in [-0.05, 0) is 31.9 Å². The molecule has 2 aliphatic rings. The highest BCUT2D eigenvalue weighted by atomic mass is 16.5. The molecule has 1 aliphatic heterocycles. The Morgan fingerprint density at radius 1 is 1.40 bits per heavy atom. The highest BCUT2D eigenvalue weighted by Gasteiger charge is 2.31. The van der Waals surface area contributed by atoms with Crippen molar-refractivity contribution in [1.82, 2.24) is 25.4 Å². The van der Waals surface area contributed by atoms with E-state index in [9.17, 15) is 4.79 Å². The third-order valence-electron chi connectivity index (χ3n) is 5.12. The van der Waals surface area contributed by atoms with Crippen molar-refractivity contribution in [2.45, 2.75) is 31.1 Å². The van der Waals surface area contributed by atoms with Crippen LogP contribution < -0.4 is 10.6 Å². The number of nitrogens with one attached hydrogen (secondary N) is 2. The maximum atomic E-state index is 12.9. The Balaban J connectivity index is 1.80. The summed E-state index contributed by atoms with van der Waals surface area (Å²) in [4.78, 5) is 17.7. The lowest BCUT2D eigenvalue weighted by Crippen LogP contribution is -2.27. The number of hydrogen-bond donors (Lipinski definition) is 2. The Bertz CT molecular complexity index is 790. The number of aromatic nitrogens is 3. The van der Waals surface area contributed by atoms with Crippen LogP contribution in [0.5, 0.6) is 0 Å². The molecule has 1 saturated carbocycles. The van der Waals surface area contributed by atoms with Crippen LogP contribution in [0.1, 0.15) is 52.8 Å². The number of carbonyl (C=O) groups excluding carboxylic acids is 1. The van der Waals surface area contributed by atoms with E-state index < -0.39 is 0 Å². The second kappa shape index (κ2) is 6.72. The van der Waals surface area contributed by atoms with Crippen LogP contribution in [0, 0.1) is 0 Å². The number of methoxy groups -OCH3 is 1. The van der Waals surface area contributed by atoms with Gasteiger partial charge in [0.05, 0.1) is 23.3 Å². The first-order valence-electron chi connectivity index (χ1n) is 9.04. The number of hydrogen-bond acceptors (Lipinski definition) is 5. The second-order valence-electron chi connectivity index (χ2n) is 7.01. The van der Waals surface area contributed by atoms with Crippen molar-refractivity contribution in [3.63, 3.8) is 0 Å². The van der Waals surface area contributed by atoms with Crippen molar-refractivity contribution in [2.75, 3.05) is 33.4 Å². The lowest BCUT2D eigenvalue weighted by molar-refractivity contribution is 0.0938. The van der Waals surface area contributed by atoms with E-state index in [0.717, 1.165) is 54.8 Å². The first kappa shape index (κ1) is 16.5. The van der Waals surface area contributed by atoms with Gasteiger partial charge in [0.1, 0.15) is 0 Å². The maximum absolute atomic E-state index is 12.9. The van der Waals surface area contributed by atoms with Gasteiger partial charge in [0, 0.05) is 44.8 Å². The monoisotopic (exact) mass is 343 g/mol. The van der Waals surface area contributed by atoms with Gasteiger partial charge in [0.15, 0.2) is 5.65 Å². The average molecular weight is 343 g/mol. The summed E-state index contributed by atoms with van der Waals surface area (Å²) >= 11 is 0. The zero-order valence-corrected chi connectivity index (χ0v) is 14.8. The summed E-state index contributed by atoms with van der Waals surface area (Å²) in [5.41, 5.74) is 3.54. The van der Waals surface area contributed by atoms with Crippen LogP contribution in [0.4, 0.5) is 0 Å². The molecule has 0 aromatic carbocycles. The summed E-state index contributed by atoms with van der Waals surface area (Å²) in [5.74, 6) is 0.760. The van der Waals surface area contributed by atoms with E-state index in [2.05, 4.69) is 10.6 Å². The predicted octanol–water partition coefficient (Wildman–Crippen LogP) is 1.30. The smallest absolute Gasteiger partial charge is 0.252 e. The molecule has 2 aromatic rings. The molecular formula is C18H25N5O2. The third kappa shape index (κ3) is 3.14. The predicted molar refractivity (Wildman–Crippen MR) is 94.9 cm³/mol. The SMILES string of the molecule is COCCNC(=O)c1cc(C2CC2)nc2c1c(C1CCNC1)nn2C. The van der Waals surface area contributed by atoms with Gasteiger partial charge in [0.2, 0.25) is 0 Å². The second-order valence-corrected chi connectivity index (χ2v) is 7.01. The van der Waals surface area contributed by atoms with Crippen LogP contribution >= 0.6 is 0 Å². The number of nitrogens with zero attached hydrogens (tertiary/aromatic N) is 3. The Kier molecular flexibility index (Phi) is 4.43. The van der Waals surface area contributed by atoms with Crippen molar-refractivity contribution in [3.05, 3.63) is 23.0 Å². The third-order valence-corrected chi connectivity index (χ3v) is 5.12. The van der Waals surface area contributed by atoms with Gasteiger partial charge >= 0.3 is 0 Å². The summed E-state index contributed by atoms with van der Waals surface area (Å²) in [6, 6.07) is 1.98. The van der Waals surface area contributed by atoms with Gasteiger partial charge in [-0.1, -0.05) is 0 Å². The number of ether oxygens (including phenoxy) is 1. The van der Waals surface area contributed by atoms with E-state index >= 15 is 0 Å². The van der Waals surface area contributed by atoms with Crippen molar-refractivity contribution >= 4 is 16.9 Å². The van der Waals surface area contributed by atoms with Crippen LogP contribution in [0.25, 0.3) is 11.0 Å². The molecule has 2 N–H and O–H groups in total. The maximum Gasteiger partial charge on any atom is 0.252 e. The Hall–Kier alpha value is -1.99. The number of rotatable bonds is 6. The summed E-state index contributed by atoms with van der Waals surface area (Å²) in [5, 5.41) is 12.0. The average Bonchev–Trinajstić information content (AvgIpc) is 3.22. The van der Waals surface area contributed by atoms with Gasteiger partial charge in [-0.2, -0.15) is 5.10 Å². The fourth-order valence-electron chi connectivity index (χ4n) is 3.60. The van der Waals surface area contributed by atoms with Crippen molar-refractivity contribution in [3.8, 4) is 0 Å². The lowest BCUT2D eigenvalue weighted by Gasteiger charge is -2.11. The number of aryl methyl sites for hydroxylation is 1. The number of carbonyl (C=O) groups is 1. The molecule has 7 heteroatoms. The number of fused-ring (bicyclic) bond motifs is 1. The zero-order valence-electron chi connectivity index (χ0n) is 14.8. The lowest BCUT2D eigenvalue weighted by atomic mass is 9.98. The molecule has 0 bridgehead atoms. The van der Waals surface area contributed by atoms with Gasteiger partial charge in [-0.15, -0.1) is 0 Å². The van der Waals surface area contributed by atoms with Crippen LogP contribution in [0.3, 0.4) is 0 Å². The van der Waals surface area contributed by atoms with Gasteiger partial charge < -0.3 is 15.4 Å². The molecule has 1 atom stereocenters. The molecule has 1 unspecified atom stereocenters. The van der Waals surface area contributed by atoms with Crippen LogP contribution in [-0.4, -0.2) is 54.0 Å². The minimum atomic E-state index is -0.0634. The molecule has 1 amide bonds. The first-order valence-corrected chi connectivity index (χ1v) is 9.04. The summed E-state index contributed by atoms with van der Waals surface area (Å²) < 4.78 is 6.88. The standard InChI is InChI=1S/C18H25N5O2/c1-23-17-15(16(22-23)12-5-6-19-10-12)13(18(24)20-7-8-25-2)9-14(21-17)11-3-4-11/h9,11-12,19H,3-8,10H2,1-2H3,(H,20,24). The van der Waals surface area contributed by atoms with Crippen LogP contribution in [0.15, 0.2) is 6.07 Å².